The van der Waals surface area contributed by atoms with Crippen LogP contribution in [-0.2, 0) is 16.6 Å². The van der Waals surface area contributed by atoms with E-state index in [0.29, 0.717) is 16.3 Å². The van der Waals surface area contributed by atoms with Gasteiger partial charge in [0.05, 0.1) is 34.0 Å². The van der Waals surface area contributed by atoms with Crippen molar-refractivity contribution in [3.8, 4) is 5.75 Å². The summed E-state index contributed by atoms with van der Waals surface area (Å²) in [5.41, 5.74) is 2.82. The first-order chi connectivity index (χ1) is 15.6. The fourth-order valence-electron chi connectivity index (χ4n) is 2.78. The summed E-state index contributed by atoms with van der Waals surface area (Å²) in [5, 5.41) is 35.3. The molecule has 4 N–H and O–H groups in total. The van der Waals surface area contributed by atoms with Gasteiger partial charge >= 0.3 is 0 Å². The third-order valence-corrected chi connectivity index (χ3v) is 6.07. The first-order valence-electron chi connectivity index (χ1n) is 9.26. The van der Waals surface area contributed by atoms with Crippen molar-refractivity contribution < 1.29 is 23.6 Å². The summed E-state index contributed by atoms with van der Waals surface area (Å²) in [6.07, 6.45) is 2.54. The molecule has 11 nitrogen and oxygen atoms in total. The number of nitro groups is 1. The Labute approximate surface area is 193 Å². The fraction of sp³-hybridized carbons (Fsp3) is 0.100. The Balaban J connectivity index is 1.89. The van der Waals surface area contributed by atoms with Crippen LogP contribution in [0.25, 0.3) is 0 Å². The lowest BCUT2D eigenvalue weighted by Crippen LogP contribution is -2.13. The Kier molecular flexibility index (Phi) is 7.11. The summed E-state index contributed by atoms with van der Waals surface area (Å²) < 4.78 is 27.6. The molecule has 0 fully saturated rings. The van der Waals surface area contributed by atoms with Gasteiger partial charge in [-0.1, -0.05) is 17.7 Å². The Morgan fingerprint density at radius 2 is 2.03 bits per heavy atom. The van der Waals surface area contributed by atoms with Crippen molar-refractivity contribution >= 4 is 44.9 Å². The van der Waals surface area contributed by atoms with Crippen LogP contribution in [0.3, 0.4) is 0 Å². The molecule has 3 aromatic rings. The smallest absolute Gasteiger partial charge is 0.295 e. The third-order valence-electron chi connectivity index (χ3n) is 4.46. The number of aliphatic hydroxyl groups is 1. The van der Waals surface area contributed by atoms with Gasteiger partial charge in [-0.05, 0) is 37.3 Å². The van der Waals surface area contributed by atoms with Gasteiger partial charge in [-0.3, -0.25) is 25.2 Å². The zero-order valence-electron chi connectivity index (χ0n) is 17.1. The van der Waals surface area contributed by atoms with Crippen LogP contribution in [-0.4, -0.2) is 34.8 Å². The Bertz CT molecular complexity index is 1350. The predicted molar refractivity (Wildman–Crippen MR) is 123 cm³/mol. The number of halogens is 1. The van der Waals surface area contributed by atoms with E-state index in [1.807, 2.05) is 0 Å². The molecule has 2 aromatic carbocycles. The number of pyridine rings is 1. The molecule has 0 unspecified atom stereocenters. The van der Waals surface area contributed by atoms with Gasteiger partial charge in [0.1, 0.15) is 11.4 Å². The van der Waals surface area contributed by atoms with Crippen molar-refractivity contribution in [2.24, 2.45) is 5.10 Å². The highest BCUT2D eigenvalue weighted by Crippen LogP contribution is 2.29. The van der Waals surface area contributed by atoms with E-state index in [-0.39, 0.29) is 27.6 Å². The molecule has 0 saturated carbocycles. The Hall–Kier alpha value is -3.74. The van der Waals surface area contributed by atoms with Crippen LogP contribution >= 0.6 is 11.6 Å². The summed E-state index contributed by atoms with van der Waals surface area (Å²) in [5.74, 6) is -0.199. The summed E-state index contributed by atoms with van der Waals surface area (Å²) in [6, 6.07) is 9.25. The number of rotatable bonds is 8. The van der Waals surface area contributed by atoms with Crippen molar-refractivity contribution in [2.75, 3.05) is 10.1 Å². The monoisotopic (exact) mass is 491 g/mol. The maximum Gasteiger partial charge on any atom is 0.295 e. The highest BCUT2D eigenvalue weighted by Gasteiger charge is 2.22. The lowest BCUT2D eigenvalue weighted by Gasteiger charge is -2.10. The van der Waals surface area contributed by atoms with E-state index in [1.165, 1.54) is 36.7 Å². The number of aryl methyl sites for hydroxylation is 1. The van der Waals surface area contributed by atoms with E-state index in [0.717, 1.165) is 6.07 Å². The number of nitrogens with zero attached hydrogens (tertiary/aromatic N) is 3. The van der Waals surface area contributed by atoms with Crippen LogP contribution in [0.4, 0.5) is 17.1 Å². The minimum atomic E-state index is -4.13. The molecule has 33 heavy (non-hydrogen) atoms. The standard InChI is InChI=1S/C20H18ClN5O6S/c1-12-20(28)17(13(11-27)9-22-12)10-23-24-18-6-5-16(8-19(18)26(29)30)33(31,32)25-15-4-2-3-14(21)7-15/h2-10,24-25,27-28H,11H2,1H3/b23-10+. The second-order valence-electron chi connectivity index (χ2n) is 6.71. The molecule has 1 heterocycles. The first kappa shape index (κ1) is 23.9. The normalized spacial score (nSPS) is 11.5. The number of benzene rings is 2. The first-order valence-corrected chi connectivity index (χ1v) is 11.1. The molecule has 172 valence electrons. The molecule has 0 atom stereocenters. The van der Waals surface area contributed by atoms with Gasteiger partial charge in [-0.2, -0.15) is 5.10 Å². The van der Waals surface area contributed by atoms with Crippen LogP contribution in [0.15, 0.2) is 58.7 Å². The number of nitro benzene ring substituents is 1. The van der Waals surface area contributed by atoms with Crippen LogP contribution < -0.4 is 10.1 Å². The number of aliphatic hydroxyl groups excluding tert-OH is 1. The van der Waals surface area contributed by atoms with E-state index >= 15 is 0 Å². The number of sulfonamides is 1. The average molecular weight is 492 g/mol. The molecular weight excluding hydrogens is 474 g/mol. The van der Waals surface area contributed by atoms with Crippen LogP contribution in [0, 0.1) is 17.0 Å². The Morgan fingerprint density at radius 3 is 2.70 bits per heavy atom. The number of aromatic nitrogens is 1. The van der Waals surface area contributed by atoms with Crippen LogP contribution in [0.1, 0.15) is 16.8 Å². The highest BCUT2D eigenvalue weighted by atomic mass is 35.5. The zero-order valence-corrected chi connectivity index (χ0v) is 18.6. The number of anilines is 2. The van der Waals surface area contributed by atoms with Gasteiger partial charge in [0.15, 0.2) is 0 Å². The van der Waals surface area contributed by atoms with Crippen molar-refractivity contribution in [1.82, 2.24) is 4.98 Å². The van der Waals surface area contributed by atoms with Gasteiger partial charge in [-0.25, -0.2) is 8.42 Å². The highest BCUT2D eigenvalue weighted by molar-refractivity contribution is 7.92. The molecule has 13 heteroatoms. The zero-order chi connectivity index (χ0) is 24.2. The molecule has 0 spiro atoms. The maximum atomic E-state index is 12.7. The van der Waals surface area contributed by atoms with Crippen LogP contribution in [0.2, 0.25) is 5.02 Å². The van der Waals surface area contributed by atoms with E-state index in [9.17, 15) is 28.7 Å². The van der Waals surface area contributed by atoms with Crippen molar-refractivity contribution in [3.63, 3.8) is 0 Å². The summed E-state index contributed by atoms with van der Waals surface area (Å²) in [7, 11) is -4.13. The van der Waals surface area contributed by atoms with Gasteiger partial charge in [-0.15, -0.1) is 0 Å². The molecule has 0 radical (unpaired) electrons. The molecule has 0 amide bonds. The second-order valence-corrected chi connectivity index (χ2v) is 8.83. The molecular formula is C20H18ClN5O6S. The van der Waals surface area contributed by atoms with Crippen molar-refractivity contribution in [3.05, 3.63) is 80.6 Å². The number of aromatic hydroxyl groups is 1. The van der Waals surface area contributed by atoms with E-state index < -0.39 is 27.2 Å². The van der Waals surface area contributed by atoms with Crippen molar-refractivity contribution in [2.45, 2.75) is 18.4 Å². The summed E-state index contributed by atoms with van der Waals surface area (Å²) in [6.45, 7) is 1.15. The minimum absolute atomic E-state index is 0.0891. The van der Waals surface area contributed by atoms with Gasteiger partial charge in [0, 0.05) is 28.4 Å². The lowest BCUT2D eigenvalue weighted by atomic mass is 10.1. The molecule has 0 bridgehead atoms. The summed E-state index contributed by atoms with van der Waals surface area (Å²) in [4.78, 5) is 14.4. The van der Waals surface area contributed by atoms with E-state index in [2.05, 4.69) is 20.2 Å². The number of nitrogens with one attached hydrogen (secondary N) is 2. The fourth-order valence-corrected chi connectivity index (χ4v) is 4.04. The number of hydrogen-bond donors (Lipinski definition) is 4. The maximum absolute atomic E-state index is 12.7. The lowest BCUT2D eigenvalue weighted by molar-refractivity contribution is -0.384. The van der Waals surface area contributed by atoms with Crippen molar-refractivity contribution in [1.29, 1.82) is 0 Å². The van der Waals surface area contributed by atoms with Crippen LogP contribution in [0.5, 0.6) is 5.75 Å². The third kappa shape index (κ3) is 5.55. The van der Waals surface area contributed by atoms with Gasteiger partial charge in [0.2, 0.25) is 0 Å². The SMILES string of the molecule is Cc1ncc(CO)c(/C=N/Nc2ccc(S(=O)(=O)Nc3cccc(Cl)c3)cc2[N+](=O)[O-])c1O. The topological polar surface area (TPSA) is 167 Å². The van der Waals surface area contributed by atoms with E-state index in [1.54, 1.807) is 19.1 Å². The summed E-state index contributed by atoms with van der Waals surface area (Å²) >= 11 is 5.86. The number of hydrazone groups is 1. The molecule has 3 rings (SSSR count). The molecule has 0 aliphatic rings. The number of hydrogen-bond acceptors (Lipinski definition) is 9. The quantitative estimate of drug-likeness (QED) is 0.211. The minimum Gasteiger partial charge on any atom is -0.505 e. The molecule has 0 aliphatic carbocycles. The largest absolute Gasteiger partial charge is 0.505 e. The predicted octanol–water partition coefficient (Wildman–Crippen LogP) is 3.40. The molecule has 0 aliphatic heterocycles. The molecule has 0 saturated heterocycles. The van der Waals surface area contributed by atoms with Gasteiger partial charge in [0.25, 0.3) is 15.7 Å². The van der Waals surface area contributed by atoms with E-state index in [4.69, 9.17) is 11.6 Å². The second kappa shape index (κ2) is 9.81. The average Bonchev–Trinajstić information content (AvgIpc) is 2.76. The molecule has 1 aromatic heterocycles. The Morgan fingerprint density at radius 1 is 1.27 bits per heavy atom. The van der Waals surface area contributed by atoms with Gasteiger partial charge < -0.3 is 10.2 Å².